The van der Waals surface area contributed by atoms with E-state index in [9.17, 15) is 15.2 Å². The third-order valence-corrected chi connectivity index (χ3v) is 4.33. The fourth-order valence-corrected chi connectivity index (χ4v) is 3.27. The number of carbonyl (C=O) groups is 1. The molecule has 20 heavy (non-hydrogen) atoms. The molecule has 1 aromatic heterocycles. The number of nitrogens with zero attached hydrogens (tertiary/aromatic N) is 2. The number of hydrogen-bond acceptors (Lipinski definition) is 4. The molecule has 104 valence electrons. The molecule has 0 radical (unpaired) electrons. The minimum atomic E-state index is -0.764. The molecular formula is C15H17N3O2. The van der Waals surface area contributed by atoms with E-state index in [4.69, 9.17) is 0 Å². The van der Waals surface area contributed by atoms with Crippen molar-refractivity contribution in [2.75, 3.05) is 5.32 Å². The van der Waals surface area contributed by atoms with E-state index in [0.29, 0.717) is 17.8 Å². The molecule has 3 rings (SSSR count). The molecule has 1 heterocycles. The first-order chi connectivity index (χ1) is 9.69. The van der Waals surface area contributed by atoms with E-state index < -0.39 is 5.97 Å². The smallest absolute Gasteiger partial charge is 0.308 e. The number of pyridine rings is 1. The summed E-state index contributed by atoms with van der Waals surface area (Å²) < 4.78 is 0. The molecule has 2 aliphatic carbocycles. The molecule has 0 saturated heterocycles. The van der Waals surface area contributed by atoms with Crippen LogP contribution in [-0.2, 0) is 17.6 Å². The highest BCUT2D eigenvalue weighted by molar-refractivity contribution is 5.72. The van der Waals surface area contributed by atoms with Crippen LogP contribution in [-0.4, -0.2) is 22.1 Å². The Morgan fingerprint density at radius 3 is 3.00 bits per heavy atom. The van der Waals surface area contributed by atoms with Crippen molar-refractivity contribution in [2.24, 2.45) is 5.92 Å². The van der Waals surface area contributed by atoms with Crippen LogP contribution < -0.4 is 5.32 Å². The van der Waals surface area contributed by atoms with Gasteiger partial charge >= 0.3 is 5.97 Å². The molecule has 0 spiro atoms. The molecule has 2 atom stereocenters. The number of nitrogens with one attached hydrogen (secondary N) is 1. The number of carboxylic acids is 1. The maximum atomic E-state index is 11.2. The average molecular weight is 271 g/mol. The van der Waals surface area contributed by atoms with Crippen molar-refractivity contribution < 1.29 is 9.90 Å². The SMILES string of the molecule is N#Cc1cc2c(nc1NC1CCCC1C(=O)O)CCC2. The number of nitriles is 1. The van der Waals surface area contributed by atoms with Crippen molar-refractivity contribution >= 4 is 11.8 Å². The predicted molar refractivity (Wildman–Crippen MR) is 73.4 cm³/mol. The van der Waals surface area contributed by atoms with Gasteiger partial charge < -0.3 is 10.4 Å². The number of aryl methyl sites for hydroxylation is 2. The van der Waals surface area contributed by atoms with Gasteiger partial charge in [-0.15, -0.1) is 0 Å². The molecule has 0 aromatic carbocycles. The summed E-state index contributed by atoms with van der Waals surface area (Å²) in [7, 11) is 0. The Kier molecular flexibility index (Phi) is 3.31. The summed E-state index contributed by atoms with van der Waals surface area (Å²) in [4.78, 5) is 15.8. The van der Waals surface area contributed by atoms with E-state index in [1.807, 2.05) is 6.07 Å². The van der Waals surface area contributed by atoms with Gasteiger partial charge in [0.05, 0.1) is 11.5 Å². The normalized spacial score (nSPS) is 24.1. The Bertz CT molecular complexity index is 592. The first-order valence-electron chi connectivity index (χ1n) is 7.11. The van der Waals surface area contributed by atoms with E-state index >= 15 is 0 Å². The van der Waals surface area contributed by atoms with Gasteiger partial charge in [0, 0.05) is 11.7 Å². The lowest BCUT2D eigenvalue weighted by atomic mass is 10.0. The fraction of sp³-hybridized carbons (Fsp3) is 0.533. The van der Waals surface area contributed by atoms with Gasteiger partial charge in [0.15, 0.2) is 0 Å². The molecule has 1 fully saturated rings. The predicted octanol–water partition coefficient (Wildman–Crippen LogP) is 2.11. The van der Waals surface area contributed by atoms with Gasteiger partial charge in [0.1, 0.15) is 11.9 Å². The summed E-state index contributed by atoms with van der Waals surface area (Å²) in [6.07, 6.45) is 5.43. The molecule has 1 saturated carbocycles. The van der Waals surface area contributed by atoms with Gasteiger partial charge in [-0.2, -0.15) is 5.26 Å². The Labute approximate surface area is 117 Å². The minimum Gasteiger partial charge on any atom is -0.481 e. The average Bonchev–Trinajstić information content (AvgIpc) is 3.05. The highest BCUT2D eigenvalue weighted by atomic mass is 16.4. The lowest BCUT2D eigenvalue weighted by Crippen LogP contribution is -2.30. The van der Waals surface area contributed by atoms with Crippen LogP contribution in [0.1, 0.15) is 42.5 Å². The van der Waals surface area contributed by atoms with Crippen LogP contribution in [0.4, 0.5) is 5.82 Å². The Morgan fingerprint density at radius 1 is 1.40 bits per heavy atom. The third-order valence-electron chi connectivity index (χ3n) is 4.33. The van der Waals surface area contributed by atoms with Crippen LogP contribution in [0.5, 0.6) is 0 Å². The summed E-state index contributed by atoms with van der Waals surface area (Å²) in [6.45, 7) is 0. The second-order valence-electron chi connectivity index (χ2n) is 5.58. The van der Waals surface area contributed by atoms with Crippen molar-refractivity contribution in [3.63, 3.8) is 0 Å². The zero-order valence-corrected chi connectivity index (χ0v) is 11.2. The Balaban J connectivity index is 1.87. The van der Waals surface area contributed by atoms with Gasteiger partial charge in [-0.3, -0.25) is 4.79 Å². The van der Waals surface area contributed by atoms with Gasteiger partial charge in [-0.1, -0.05) is 6.42 Å². The zero-order chi connectivity index (χ0) is 14.1. The zero-order valence-electron chi connectivity index (χ0n) is 11.2. The largest absolute Gasteiger partial charge is 0.481 e. The van der Waals surface area contributed by atoms with Crippen LogP contribution in [0.25, 0.3) is 0 Å². The topological polar surface area (TPSA) is 86.0 Å². The Morgan fingerprint density at radius 2 is 2.25 bits per heavy atom. The first kappa shape index (κ1) is 12.9. The van der Waals surface area contributed by atoms with Crippen LogP contribution >= 0.6 is 0 Å². The first-order valence-corrected chi connectivity index (χ1v) is 7.11. The van der Waals surface area contributed by atoms with Gasteiger partial charge in [-0.05, 0) is 43.7 Å². The van der Waals surface area contributed by atoms with Crippen LogP contribution in [0, 0.1) is 17.2 Å². The van der Waals surface area contributed by atoms with E-state index in [0.717, 1.165) is 43.4 Å². The van der Waals surface area contributed by atoms with Crippen molar-refractivity contribution in [3.8, 4) is 6.07 Å². The molecule has 0 bridgehead atoms. The molecule has 0 amide bonds. The van der Waals surface area contributed by atoms with E-state index in [1.54, 1.807) is 0 Å². The lowest BCUT2D eigenvalue weighted by Gasteiger charge is -2.19. The summed E-state index contributed by atoms with van der Waals surface area (Å²) in [5, 5.41) is 21.7. The van der Waals surface area contributed by atoms with Crippen LogP contribution in [0.2, 0.25) is 0 Å². The van der Waals surface area contributed by atoms with Crippen molar-refractivity contribution in [2.45, 2.75) is 44.6 Å². The highest BCUT2D eigenvalue weighted by Gasteiger charge is 2.33. The molecule has 2 unspecified atom stereocenters. The number of rotatable bonds is 3. The number of anilines is 1. The number of aliphatic carboxylic acids is 1. The second kappa shape index (κ2) is 5.12. The molecule has 5 heteroatoms. The van der Waals surface area contributed by atoms with Crippen LogP contribution in [0.15, 0.2) is 6.07 Å². The maximum absolute atomic E-state index is 11.2. The third kappa shape index (κ3) is 2.22. The maximum Gasteiger partial charge on any atom is 0.308 e. The molecular weight excluding hydrogens is 254 g/mol. The molecule has 0 aliphatic heterocycles. The summed E-state index contributed by atoms with van der Waals surface area (Å²) in [5.41, 5.74) is 2.74. The number of fused-ring (bicyclic) bond motifs is 1. The number of hydrogen-bond donors (Lipinski definition) is 2. The molecule has 2 aliphatic rings. The molecule has 5 nitrogen and oxygen atoms in total. The van der Waals surface area contributed by atoms with Crippen molar-refractivity contribution in [1.82, 2.24) is 4.98 Å². The second-order valence-corrected chi connectivity index (χ2v) is 5.58. The van der Waals surface area contributed by atoms with Crippen molar-refractivity contribution in [3.05, 3.63) is 22.9 Å². The van der Waals surface area contributed by atoms with E-state index in [1.165, 1.54) is 0 Å². The standard InChI is InChI=1S/C15H17N3O2/c16-8-10-7-9-3-1-5-12(9)17-14(10)18-13-6-2-4-11(13)15(19)20/h7,11,13H,1-6H2,(H,17,18)(H,19,20). The molecule has 2 N–H and O–H groups in total. The monoisotopic (exact) mass is 271 g/mol. The minimum absolute atomic E-state index is 0.119. The number of carboxylic acid groups (broad SMARTS) is 1. The lowest BCUT2D eigenvalue weighted by molar-refractivity contribution is -0.141. The van der Waals surface area contributed by atoms with E-state index in [-0.39, 0.29) is 12.0 Å². The van der Waals surface area contributed by atoms with Gasteiger partial charge in [0.2, 0.25) is 0 Å². The van der Waals surface area contributed by atoms with Gasteiger partial charge in [0.25, 0.3) is 0 Å². The number of aromatic nitrogens is 1. The van der Waals surface area contributed by atoms with E-state index in [2.05, 4.69) is 16.4 Å². The fourth-order valence-electron chi connectivity index (χ4n) is 3.27. The summed E-state index contributed by atoms with van der Waals surface area (Å²) in [5.74, 6) is -0.581. The van der Waals surface area contributed by atoms with Gasteiger partial charge in [-0.25, -0.2) is 4.98 Å². The highest BCUT2D eigenvalue weighted by Crippen LogP contribution is 2.31. The quantitative estimate of drug-likeness (QED) is 0.879. The summed E-state index contributed by atoms with van der Waals surface area (Å²) in [6, 6.07) is 3.96. The molecule has 1 aromatic rings. The van der Waals surface area contributed by atoms with Crippen molar-refractivity contribution in [1.29, 1.82) is 5.26 Å². The Hall–Kier alpha value is -2.09. The van der Waals surface area contributed by atoms with Crippen LogP contribution in [0.3, 0.4) is 0 Å². The summed E-state index contributed by atoms with van der Waals surface area (Å²) >= 11 is 0.